The van der Waals surface area contributed by atoms with Crippen LogP contribution >= 0.6 is 0 Å². The van der Waals surface area contributed by atoms with E-state index in [1.54, 1.807) is 5.01 Å². The Kier molecular flexibility index (Phi) is 4.84. The summed E-state index contributed by atoms with van der Waals surface area (Å²) < 4.78 is 27.4. The molecule has 1 aromatic rings. The molecular formula is C12H16N4O4S. The number of sulfonamides is 1. The van der Waals surface area contributed by atoms with Gasteiger partial charge in [0.2, 0.25) is 0 Å². The second kappa shape index (κ2) is 6.61. The van der Waals surface area contributed by atoms with Gasteiger partial charge in [0.05, 0.1) is 9.82 Å². The minimum absolute atomic E-state index is 0.105. The summed E-state index contributed by atoms with van der Waals surface area (Å²) in [5, 5.41) is 16.0. The number of benzene rings is 1. The standard InChI is InChI=1S/C12H16N4O4S/c17-16(18)11-5-7-12(8-6-11)21(19,20)14-13-15-9-3-1-2-4-10-15/h5-8H,1-4,9-10H2/b14-13+. The summed E-state index contributed by atoms with van der Waals surface area (Å²) in [5.74, 6) is 0. The smallest absolute Gasteiger partial charge is 0.278 e. The Morgan fingerprint density at radius 1 is 1.05 bits per heavy atom. The minimum atomic E-state index is -3.92. The molecule has 1 aromatic carbocycles. The molecule has 1 fully saturated rings. The van der Waals surface area contributed by atoms with Crippen molar-refractivity contribution < 1.29 is 13.3 Å². The fraction of sp³-hybridized carbons (Fsp3) is 0.500. The van der Waals surface area contributed by atoms with Gasteiger partial charge < -0.3 is 0 Å². The number of nitro groups is 1. The zero-order chi connectivity index (χ0) is 15.3. The summed E-state index contributed by atoms with van der Waals surface area (Å²) in [4.78, 5) is 9.84. The molecule has 0 aromatic heterocycles. The molecule has 1 saturated heterocycles. The van der Waals surface area contributed by atoms with Crippen LogP contribution in [0.2, 0.25) is 0 Å². The Morgan fingerprint density at radius 3 is 2.14 bits per heavy atom. The van der Waals surface area contributed by atoms with Crippen LogP contribution in [0.5, 0.6) is 0 Å². The van der Waals surface area contributed by atoms with Gasteiger partial charge in [-0.15, -0.1) is 0 Å². The molecule has 0 aliphatic carbocycles. The molecule has 1 aliphatic heterocycles. The van der Waals surface area contributed by atoms with Gasteiger partial charge in [-0.2, -0.15) is 8.42 Å². The van der Waals surface area contributed by atoms with Gasteiger partial charge >= 0.3 is 10.0 Å². The molecule has 114 valence electrons. The lowest BCUT2D eigenvalue weighted by Crippen LogP contribution is -2.17. The van der Waals surface area contributed by atoms with Crippen LogP contribution in [0.4, 0.5) is 5.69 Å². The van der Waals surface area contributed by atoms with E-state index in [1.165, 1.54) is 0 Å². The highest BCUT2D eigenvalue weighted by Crippen LogP contribution is 2.18. The Hall–Kier alpha value is -2.03. The molecule has 0 saturated carbocycles. The molecule has 0 N–H and O–H groups in total. The van der Waals surface area contributed by atoms with Crippen LogP contribution in [0.3, 0.4) is 0 Å². The van der Waals surface area contributed by atoms with Crippen LogP contribution < -0.4 is 0 Å². The third-order valence-corrected chi connectivity index (χ3v) is 4.35. The zero-order valence-corrected chi connectivity index (χ0v) is 12.2. The third kappa shape index (κ3) is 4.22. The molecule has 2 rings (SSSR count). The average molecular weight is 312 g/mol. The lowest BCUT2D eigenvalue weighted by atomic mass is 10.2. The highest BCUT2D eigenvalue weighted by molar-refractivity contribution is 7.90. The fourth-order valence-corrected chi connectivity index (χ4v) is 2.80. The number of hydrogen-bond donors (Lipinski definition) is 0. The number of non-ortho nitro benzene ring substituents is 1. The van der Waals surface area contributed by atoms with Gasteiger partial charge in [0, 0.05) is 25.2 Å². The summed E-state index contributed by atoms with van der Waals surface area (Å²) in [6, 6.07) is 4.59. The van der Waals surface area contributed by atoms with Crippen LogP contribution in [0.25, 0.3) is 0 Å². The Morgan fingerprint density at radius 2 is 1.62 bits per heavy atom. The molecule has 8 nitrogen and oxygen atoms in total. The molecule has 1 heterocycles. The van der Waals surface area contributed by atoms with Crippen LogP contribution in [0.1, 0.15) is 25.7 Å². The molecule has 0 unspecified atom stereocenters. The first-order chi connectivity index (χ1) is 9.99. The number of nitro benzene ring substituents is 1. The van der Waals surface area contributed by atoms with Crippen LogP contribution in [-0.2, 0) is 10.0 Å². The zero-order valence-electron chi connectivity index (χ0n) is 11.4. The highest BCUT2D eigenvalue weighted by atomic mass is 32.2. The largest absolute Gasteiger partial charge is 0.301 e. The molecule has 0 radical (unpaired) electrons. The molecule has 0 amide bonds. The minimum Gasteiger partial charge on any atom is -0.278 e. The molecule has 21 heavy (non-hydrogen) atoms. The fourth-order valence-electron chi connectivity index (χ4n) is 2.03. The van der Waals surface area contributed by atoms with Crippen molar-refractivity contribution in [2.75, 3.05) is 13.1 Å². The summed E-state index contributed by atoms with van der Waals surface area (Å²) >= 11 is 0. The van der Waals surface area contributed by atoms with E-state index in [9.17, 15) is 18.5 Å². The second-order valence-corrected chi connectivity index (χ2v) is 6.35. The second-order valence-electron chi connectivity index (χ2n) is 4.77. The van der Waals surface area contributed by atoms with Crippen LogP contribution in [0, 0.1) is 10.1 Å². The van der Waals surface area contributed by atoms with Crippen LogP contribution in [-0.4, -0.2) is 31.4 Å². The Bertz CT molecular complexity index is 619. The quantitative estimate of drug-likeness (QED) is 0.482. The van der Waals surface area contributed by atoms with Gasteiger partial charge in [-0.25, -0.2) is 0 Å². The molecule has 1 aliphatic rings. The van der Waals surface area contributed by atoms with E-state index in [0.29, 0.717) is 13.1 Å². The van der Waals surface area contributed by atoms with E-state index in [1.807, 2.05) is 0 Å². The van der Waals surface area contributed by atoms with Crippen molar-refractivity contribution in [2.24, 2.45) is 9.74 Å². The van der Waals surface area contributed by atoms with Crippen molar-refractivity contribution in [2.45, 2.75) is 30.6 Å². The normalized spacial score (nSPS) is 16.9. The topological polar surface area (TPSA) is 105 Å². The number of hydrogen-bond acceptors (Lipinski definition) is 5. The lowest BCUT2D eigenvalue weighted by Gasteiger charge is -2.13. The third-order valence-electron chi connectivity index (χ3n) is 3.20. The van der Waals surface area contributed by atoms with Crippen LogP contribution in [0.15, 0.2) is 38.9 Å². The van der Waals surface area contributed by atoms with Gasteiger partial charge in [0.1, 0.15) is 0 Å². The molecule has 9 heteroatoms. The maximum absolute atomic E-state index is 12.0. The Balaban J connectivity index is 2.11. The molecule has 0 spiro atoms. The van der Waals surface area contributed by atoms with Gasteiger partial charge in [-0.1, -0.05) is 18.1 Å². The SMILES string of the molecule is O=[N+]([O-])c1ccc(S(=O)(=O)/N=N/N2CCCCCC2)cc1. The Labute approximate surface area is 122 Å². The maximum Gasteiger partial charge on any atom is 0.301 e. The van der Waals surface area contributed by atoms with Crippen molar-refractivity contribution >= 4 is 15.7 Å². The summed E-state index contributed by atoms with van der Waals surface area (Å²) in [6.07, 6.45) is 4.16. The predicted octanol–water partition coefficient (Wildman–Crippen LogP) is 2.53. The van der Waals surface area contributed by atoms with E-state index in [-0.39, 0.29) is 10.6 Å². The first-order valence-electron chi connectivity index (χ1n) is 6.66. The van der Waals surface area contributed by atoms with E-state index in [2.05, 4.69) is 9.74 Å². The summed E-state index contributed by atoms with van der Waals surface area (Å²) in [5.41, 5.74) is -0.168. The average Bonchev–Trinajstić information content (AvgIpc) is 2.74. The maximum atomic E-state index is 12.0. The molecule has 0 atom stereocenters. The van der Waals surface area contributed by atoms with Crippen molar-refractivity contribution in [3.63, 3.8) is 0 Å². The highest BCUT2D eigenvalue weighted by Gasteiger charge is 2.16. The van der Waals surface area contributed by atoms with Crippen molar-refractivity contribution in [1.82, 2.24) is 5.01 Å². The molecular weight excluding hydrogens is 296 g/mol. The van der Waals surface area contributed by atoms with Gasteiger partial charge in [0.25, 0.3) is 5.69 Å². The monoisotopic (exact) mass is 312 g/mol. The van der Waals surface area contributed by atoms with Gasteiger partial charge in [-0.3, -0.25) is 15.1 Å². The van der Waals surface area contributed by atoms with E-state index >= 15 is 0 Å². The lowest BCUT2D eigenvalue weighted by molar-refractivity contribution is -0.384. The van der Waals surface area contributed by atoms with Gasteiger partial charge in [-0.05, 0) is 29.5 Å². The summed E-state index contributed by atoms with van der Waals surface area (Å²) in [6.45, 7) is 1.39. The number of nitrogens with zero attached hydrogens (tertiary/aromatic N) is 4. The van der Waals surface area contributed by atoms with Crippen molar-refractivity contribution in [3.8, 4) is 0 Å². The number of rotatable bonds is 4. The van der Waals surface area contributed by atoms with Crippen molar-refractivity contribution in [3.05, 3.63) is 34.4 Å². The van der Waals surface area contributed by atoms with Crippen molar-refractivity contribution in [1.29, 1.82) is 0 Å². The van der Waals surface area contributed by atoms with E-state index < -0.39 is 14.9 Å². The predicted molar refractivity (Wildman–Crippen MR) is 75.2 cm³/mol. The first kappa shape index (κ1) is 15.4. The van der Waals surface area contributed by atoms with Gasteiger partial charge in [0.15, 0.2) is 0 Å². The van der Waals surface area contributed by atoms with E-state index in [4.69, 9.17) is 0 Å². The first-order valence-corrected chi connectivity index (χ1v) is 8.10. The summed E-state index contributed by atoms with van der Waals surface area (Å²) in [7, 11) is -3.92. The van der Waals surface area contributed by atoms with E-state index in [0.717, 1.165) is 49.9 Å². The molecule has 0 bridgehead atoms.